The van der Waals surface area contributed by atoms with Gasteiger partial charge in [0.15, 0.2) is 5.79 Å². The van der Waals surface area contributed by atoms with E-state index < -0.39 is 5.79 Å². The van der Waals surface area contributed by atoms with Gasteiger partial charge >= 0.3 is 0 Å². The van der Waals surface area contributed by atoms with E-state index in [1.54, 1.807) is 0 Å². The number of rotatable bonds is 19. The lowest BCUT2D eigenvalue weighted by atomic mass is 9.90. The topological polar surface area (TPSA) is 40.5 Å². The minimum Gasteiger partial charge on any atom is -0.365 e. The van der Waals surface area contributed by atoms with Gasteiger partial charge in [0.2, 0.25) is 0 Å². The highest BCUT2D eigenvalue weighted by Gasteiger charge is 2.29. The summed E-state index contributed by atoms with van der Waals surface area (Å²) in [5, 5.41) is 20.6. The molecular formula is C23H48O2. The van der Waals surface area contributed by atoms with Crippen molar-refractivity contribution >= 4 is 0 Å². The standard InChI is InChI=1S/C23H48O2/c1-4-6-8-10-12-14-16-18-20-22(3)23(24,25)21-19-17-15-13-11-9-7-5-2/h22,24-25H,4-21H2,1-3H3. The minimum atomic E-state index is -1.46. The molecule has 0 aromatic carbocycles. The van der Waals surface area contributed by atoms with E-state index in [1.807, 2.05) is 6.92 Å². The van der Waals surface area contributed by atoms with Gasteiger partial charge < -0.3 is 10.2 Å². The molecule has 0 aliphatic heterocycles. The van der Waals surface area contributed by atoms with E-state index in [2.05, 4.69) is 13.8 Å². The molecule has 0 heterocycles. The molecule has 0 aromatic rings. The first-order chi connectivity index (χ1) is 12.0. The van der Waals surface area contributed by atoms with Gasteiger partial charge in [-0.3, -0.25) is 0 Å². The summed E-state index contributed by atoms with van der Waals surface area (Å²) in [4.78, 5) is 0. The van der Waals surface area contributed by atoms with Crippen LogP contribution >= 0.6 is 0 Å². The van der Waals surface area contributed by atoms with Gasteiger partial charge in [-0.15, -0.1) is 0 Å². The fourth-order valence-electron chi connectivity index (χ4n) is 3.58. The predicted molar refractivity (Wildman–Crippen MR) is 111 cm³/mol. The Labute approximate surface area is 158 Å². The van der Waals surface area contributed by atoms with Gasteiger partial charge in [-0.1, -0.05) is 117 Å². The molecule has 0 aromatic heterocycles. The first-order valence-corrected chi connectivity index (χ1v) is 11.5. The molecule has 1 atom stereocenters. The summed E-state index contributed by atoms with van der Waals surface area (Å²) in [6.07, 6.45) is 21.9. The Morgan fingerprint density at radius 3 is 1.36 bits per heavy atom. The van der Waals surface area contributed by atoms with Crippen molar-refractivity contribution in [3.8, 4) is 0 Å². The molecule has 0 radical (unpaired) electrons. The summed E-state index contributed by atoms with van der Waals surface area (Å²) in [6.45, 7) is 6.51. The summed E-state index contributed by atoms with van der Waals surface area (Å²) in [6, 6.07) is 0. The highest BCUT2D eigenvalue weighted by molar-refractivity contribution is 4.72. The van der Waals surface area contributed by atoms with Crippen LogP contribution in [0.1, 0.15) is 136 Å². The lowest BCUT2D eigenvalue weighted by Gasteiger charge is -2.29. The van der Waals surface area contributed by atoms with Crippen LogP contribution in [0.25, 0.3) is 0 Å². The Balaban J connectivity index is 3.54. The minimum absolute atomic E-state index is 0.00264. The molecule has 0 fully saturated rings. The maximum absolute atomic E-state index is 10.3. The quantitative estimate of drug-likeness (QED) is 0.187. The van der Waals surface area contributed by atoms with Crippen LogP contribution in [0.5, 0.6) is 0 Å². The third-order valence-corrected chi connectivity index (χ3v) is 5.68. The fraction of sp³-hybridized carbons (Fsp3) is 1.00. The molecule has 0 aliphatic carbocycles. The Morgan fingerprint density at radius 2 is 0.920 bits per heavy atom. The summed E-state index contributed by atoms with van der Waals surface area (Å²) in [7, 11) is 0. The van der Waals surface area contributed by atoms with Crippen LogP contribution in [0.3, 0.4) is 0 Å². The van der Waals surface area contributed by atoms with Crippen LogP contribution in [0.4, 0.5) is 0 Å². The second-order valence-electron chi connectivity index (χ2n) is 8.27. The first-order valence-electron chi connectivity index (χ1n) is 11.5. The summed E-state index contributed by atoms with van der Waals surface area (Å²) < 4.78 is 0. The number of hydrogen-bond donors (Lipinski definition) is 2. The molecule has 25 heavy (non-hydrogen) atoms. The third kappa shape index (κ3) is 15.9. The molecule has 0 saturated carbocycles. The van der Waals surface area contributed by atoms with Crippen molar-refractivity contribution in [3.05, 3.63) is 0 Å². The van der Waals surface area contributed by atoms with E-state index >= 15 is 0 Å². The van der Waals surface area contributed by atoms with Crippen LogP contribution in [0.2, 0.25) is 0 Å². The lowest BCUT2D eigenvalue weighted by molar-refractivity contribution is -0.203. The van der Waals surface area contributed by atoms with Crippen LogP contribution in [0.15, 0.2) is 0 Å². The number of hydrogen-bond acceptors (Lipinski definition) is 2. The van der Waals surface area contributed by atoms with Gasteiger partial charge in [0.1, 0.15) is 0 Å². The monoisotopic (exact) mass is 356 g/mol. The average molecular weight is 357 g/mol. The highest BCUT2D eigenvalue weighted by atomic mass is 16.5. The average Bonchev–Trinajstić information content (AvgIpc) is 2.59. The van der Waals surface area contributed by atoms with Gasteiger partial charge in [-0.25, -0.2) is 0 Å². The Hall–Kier alpha value is -0.0800. The molecule has 152 valence electrons. The van der Waals surface area contributed by atoms with Crippen LogP contribution < -0.4 is 0 Å². The second-order valence-corrected chi connectivity index (χ2v) is 8.27. The van der Waals surface area contributed by atoms with Crippen molar-refractivity contribution < 1.29 is 10.2 Å². The van der Waals surface area contributed by atoms with E-state index in [9.17, 15) is 10.2 Å². The molecule has 1 unspecified atom stereocenters. The molecule has 0 rings (SSSR count). The Bertz CT molecular complexity index is 263. The third-order valence-electron chi connectivity index (χ3n) is 5.68. The zero-order valence-corrected chi connectivity index (χ0v) is 17.7. The fourth-order valence-corrected chi connectivity index (χ4v) is 3.58. The molecule has 0 aliphatic rings. The molecule has 2 nitrogen and oxygen atoms in total. The molecule has 0 amide bonds. The van der Waals surface area contributed by atoms with Crippen molar-refractivity contribution in [3.63, 3.8) is 0 Å². The van der Waals surface area contributed by atoms with Crippen molar-refractivity contribution in [2.24, 2.45) is 5.92 Å². The van der Waals surface area contributed by atoms with Gasteiger partial charge in [-0.2, -0.15) is 0 Å². The zero-order valence-electron chi connectivity index (χ0n) is 17.7. The summed E-state index contributed by atoms with van der Waals surface area (Å²) >= 11 is 0. The van der Waals surface area contributed by atoms with Gasteiger partial charge in [0, 0.05) is 12.3 Å². The van der Waals surface area contributed by atoms with Crippen LogP contribution in [0, 0.1) is 5.92 Å². The van der Waals surface area contributed by atoms with E-state index in [0.717, 1.165) is 25.7 Å². The van der Waals surface area contributed by atoms with E-state index in [0.29, 0.717) is 6.42 Å². The molecule has 2 heteroatoms. The van der Waals surface area contributed by atoms with Crippen molar-refractivity contribution in [2.75, 3.05) is 0 Å². The first kappa shape index (κ1) is 24.9. The van der Waals surface area contributed by atoms with Gasteiger partial charge in [0.05, 0.1) is 0 Å². The normalized spacial score (nSPS) is 13.3. The maximum Gasteiger partial charge on any atom is 0.165 e. The number of aliphatic hydroxyl groups is 2. The molecule has 0 bridgehead atoms. The molecule has 0 saturated heterocycles. The molecule has 0 spiro atoms. The van der Waals surface area contributed by atoms with E-state index in [4.69, 9.17) is 0 Å². The lowest BCUT2D eigenvalue weighted by Crippen LogP contribution is -2.36. The largest absolute Gasteiger partial charge is 0.365 e. The number of unbranched alkanes of at least 4 members (excludes halogenated alkanes) is 14. The van der Waals surface area contributed by atoms with Crippen molar-refractivity contribution in [1.29, 1.82) is 0 Å². The Morgan fingerprint density at radius 1 is 0.560 bits per heavy atom. The van der Waals surface area contributed by atoms with Gasteiger partial charge in [0.25, 0.3) is 0 Å². The summed E-state index contributed by atoms with van der Waals surface area (Å²) in [5.74, 6) is -1.46. The second kappa shape index (κ2) is 17.3. The van der Waals surface area contributed by atoms with Gasteiger partial charge in [-0.05, 0) is 12.8 Å². The smallest absolute Gasteiger partial charge is 0.165 e. The zero-order chi connectivity index (χ0) is 18.8. The molecular weight excluding hydrogens is 308 g/mol. The Kier molecular flexibility index (Phi) is 17.3. The van der Waals surface area contributed by atoms with Crippen molar-refractivity contribution in [1.82, 2.24) is 0 Å². The van der Waals surface area contributed by atoms with Crippen LogP contribution in [-0.4, -0.2) is 16.0 Å². The van der Waals surface area contributed by atoms with Crippen LogP contribution in [-0.2, 0) is 0 Å². The van der Waals surface area contributed by atoms with E-state index in [-0.39, 0.29) is 5.92 Å². The highest BCUT2D eigenvalue weighted by Crippen LogP contribution is 2.26. The van der Waals surface area contributed by atoms with E-state index in [1.165, 1.54) is 83.5 Å². The maximum atomic E-state index is 10.3. The predicted octanol–water partition coefficient (Wildman–Crippen LogP) is 7.37. The summed E-state index contributed by atoms with van der Waals surface area (Å²) in [5.41, 5.74) is 0. The SMILES string of the molecule is CCCCCCCCCCC(C)C(O)(O)CCCCCCCCCC. The molecule has 2 N–H and O–H groups in total. The van der Waals surface area contributed by atoms with Crippen molar-refractivity contribution in [2.45, 2.75) is 142 Å².